The quantitative estimate of drug-likeness (QED) is 0.150. The van der Waals surface area contributed by atoms with Gasteiger partial charge in [0.25, 0.3) is 0 Å². The predicted octanol–water partition coefficient (Wildman–Crippen LogP) is 15.3. The Morgan fingerprint density at radius 3 is 1.82 bits per heavy atom. The van der Waals surface area contributed by atoms with Gasteiger partial charge in [0.15, 0.2) is 0 Å². The smallest absolute Gasteiger partial charge is 0.144 e. The average Bonchev–Trinajstić information content (AvgIpc) is 0.853. The molecule has 0 radical (unpaired) electrons. The van der Waals surface area contributed by atoms with E-state index in [4.69, 9.17) is 24.5 Å². The third-order valence-corrected chi connectivity index (χ3v) is 12.4. The SMILES string of the molecule is [2H]C1=C(C2=c3ccccc3=C(C3=Nc4c(ccc5cccnc45)CC3)CC2)C([2H])C(c2c(-c3c([2H])c([2H])c([2H])c([2H])c3[2H])oc(-c3c4c([2H])c([2H])c([2H])c([2H])c4c(-c4c([2H])c([2H])c([2H])c([2H])c4[2H])c4c([2H])c([2H])c([2H])c([2H])c34)c2-c2c([2H])c([2H])c([2H])c([2H])c2[2H])C([2H])=C1[2H]. The molecule has 10 aromatic rings. The molecule has 67 heavy (non-hydrogen) atoms. The first-order valence-electron chi connectivity index (χ1n) is 35.0. The van der Waals surface area contributed by atoms with Crippen LogP contribution in [0.1, 0.15) is 79.7 Å². The van der Waals surface area contributed by atoms with Crippen molar-refractivity contribution in [3.05, 3.63) is 239 Å². The van der Waals surface area contributed by atoms with E-state index in [9.17, 15) is 21.9 Å². The molecule has 0 fully saturated rings. The zero-order valence-electron chi connectivity index (χ0n) is 62.0. The van der Waals surface area contributed by atoms with Gasteiger partial charge in [0, 0.05) is 46.8 Å². The van der Waals surface area contributed by atoms with Crippen LogP contribution in [0.15, 0.2) is 227 Å². The van der Waals surface area contributed by atoms with Gasteiger partial charge in [0.2, 0.25) is 0 Å². The highest BCUT2D eigenvalue weighted by Gasteiger charge is 2.33. The lowest BCUT2D eigenvalue weighted by Crippen LogP contribution is -2.35. The van der Waals surface area contributed by atoms with Crippen LogP contribution in [0.2, 0.25) is 0 Å². The summed E-state index contributed by atoms with van der Waals surface area (Å²) in [5.41, 5.74) is -1.52. The van der Waals surface area contributed by atoms with Crippen LogP contribution in [0.4, 0.5) is 5.69 Å². The molecule has 0 saturated heterocycles. The van der Waals surface area contributed by atoms with Crippen molar-refractivity contribution in [2.24, 2.45) is 4.99 Å². The molecule has 2 atom stereocenters. The highest BCUT2D eigenvalue weighted by Crippen LogP contribution is 2.53. The summed E-state index contributed by atoms with van der Waals surface area (Å²) in [6.07, 6.45) is 1.15. The molecule has 0 N–H and O–H groups in total. The van der Waals surface area contributed by atoms with E-state index in [2.05, 4.69) is 4.98 Å². The fraction of sp³-hybridized carbons (Fsp3) is 0.0938. The number of aromatic nitrogens is 1. The van der Waals surface area contributed by atoms with Crippen LogP contribution < -0.4 is 10.4 Å². The summed E-state index contributed by atoms with van der Waals surface area (Å²) in [4.78, 5) is 9.86. The number of nitrogens with zero attached hydrogens (tertiary/aromatic N) is 2. The summed E-state index contributed by atoms with van der Waals surface area (Å²) in [5, 5.41) is -1.15. The Kier molecular flexibility index (Phi) is 5.03. The van der Waals surface area contributed by atoms with Crippen LogP contribution in [0.25, 0.3) is 88.5 Å². The van der Waals surface area contributed by atoms with Crippen LogP contribution in [0.5, 0.6) is 0 Å². The fourth-order valence-corrected chi connectivity index (χ4v) is 9.60. The average molecular weight is 886 g/mol. The van der Waals surface area contributed by atoms with E-state index in [1.807, 2.05) is 30.3 Å². The van der Waals surface area contributed by atoms with Gasteiger partial charge in [-0.3, -0.25) is 9.98 Å². The van der Waals surface area contributed by atoms with Crippen molar-refractivity contribution in [3.63, 3.8) is 0 Å². The Labute approximate surface area is 428 Å². The highest BCUT2D eigenvalue weighted by atomic mass is 16.3. The third kappa shape index (κ3) is 6.64. The number of hydrogen-bond acceptors (Lipinski definition) is 3. The Balaban J connectivity index is 1.23. The van der Waals surface area contributed by atoms with Gasteiger partial charge in [-0.25, -0.2) is 0 Å². The van der Waals surface area contributed by atoms with E-state index in [0.29, 0.717) is 40.1 Å². The molecule has 0 bridgehead atoms. The van der Waals surface area contributed by atoms with Crippen LogP contribution >= 0.6 is 0 Å². The second kappa shape index (κ2) is 16.4. The van der Waals surface area contributed by atoms with Crippen molar-refractivity contribution >= 4 is 55.0 Å². The standard InChI is InChI=1S/C64H46N2O/c1-4-18-41(19-5-1)57-52-29-12-14-31-54(52)60(55-32-15-13-30-53(55)57)64-58(42-20-6-2-7-21-42)59(63(67-64)45-22-8-3-9-23-45)47-25-16-24-46(40-47)48-36-37-51(50-28-11-10-27-49(48)50)56-38-35-44-34-33-43-26-17-39-65-61(43)62(44)66-56/h1-34,39,47H,35-38,40H2/i1D,2D,3D,4D,5D,6D,7D,8D,9D,12D,13D,14D,15D,16D,18D,19D,20D,21D,22D,23D,24D,25D,29D,30D,31D,32D,40D. The molecule has 318 valence electrons. The molecule has 3 heterocycles. The molecule has 1 aliphatic heterocycles. The van der Waals surface area contributed by atoms with Gasteiger partial charge in [-0.1, -0.05) is 200 Å². The van der Waals surface area contributed by atoms with E-state index in [0.717, 1.165) is 22.2 Å². The lowest BCUT2D eigenvalue weighted by molar-refractivity contribution is 0.593. The van der Waals surface area contributed by atoms with Gasteiger partial charge in [-0.15, -0.1) is 0 Å². The van der Waals surface area contributed by atoms with E-state index in [-0.39, 0.29) is 18.4 Å². The maximum absolute atomic E-state index is 10.7. The summed E-state index contributed by atoms with van der Waals surface area (Å²) in [7, 11) is 0. The third-order valence-electron chi connectivity index (χ3n) is 12.4. The van der Waals surface area contributed by atoms with Crippen molar-refractivity contribution in [1.82, 2.24) is 4.98 Å². The van der Waals surface area contributed by atoms with Crippen LogP contribution in [-0.4, -0.2) is 10.7 Å². The number of pyridine rings is 1. The lowest BCUT2D eigenvalue weighted by atomic mass is 9.78. The van der Waals surface area contributed by atoms with Gasteiger partial charge in [0.05, 0.1) is 46.8 Å². The summed E-state index contributed by atoms with van der Waals surface area (Å²) >= 11 is 0. The highest BCUT2D eigenvalue weighted by molar-refractivity contribution is 6.23. The second-order valence-corrected chi connectivity index (χ2v) is 16.0. The maximum atomic E-state index is 10.7. The van der Waals surface area contributed by atoms with Gasteiger partial charge in [-0.2, -0.15) is 0 Å². The molecule has 13 rings (SSSR count). The van der Waals surface area contributed by atoms with Crippen molar-refractivity contribution in [2.75, 3.05) is 0 Å². The molecule has 2 aromatic heterocycles. The first-order valence-corrected chi connectivity index (χ1v) is 21.4. The molecule has 3 aliphatic rings. The Morgan fingerprint density at radius 1 is 0.537 bits per heavy atom. The summed E-state index contributed by atoms with van der Waals surface area (Å²) in [5.74, 6) is -4.01. The van der Waals surface area contributed by atoms with Gasteiger partial charge < -0.3 is 4.42 Å². The van der Waals surface area contributed by atoms with Crippen molar-refractivity contribution in [3.8, 4) is 44.9 Å². The zero-order valence-corrected chi connectivity index (χ0v) is 35.0. The van der Waals surface area contributed by atoms with Gasteiger partial charge in [-0.05, 0) is 109 Å². The summed E-state index contributed by atoms with van der Waals surface area (Å²) in [6.45, 7) is 0. The maximum Gasteiger partial charge on any atom is 0.144 e. The predicted molar refractivity (Wildman–Crippen MR) is 279 cm³/mol. The van der Waals surface area contributed by atoms with Crippen molar-refractivity contribution in [1.29, 1.82) is 0 Å². The minimum absolute atomic E-state index is 0.0810. The first kappa shape index (κ1) is 20.6. The van der Waals surface area contributed by atoms with Crippen molar-refractivity contribution < 1.29 is 41.4 Å². The number of fused-ring (bicyclic) bond motifs is 6. The number of hydrogen-bond donors (Lipinski definition) is 0. The monoisotopic (exact) mass is 886 g/mol. The summed E-state index contributed by atoms with van der Waals surface area (Å²) in [6, 6.07) is -10.7. The van der Waals surface area contributed by atoms with Crippen LogP contribution in [0.3, 0.4) is 0 Å². The topological polar surface area (TPSA) is 38.4 Å². The van der Waals surface area contributed by atoms with Crippen LogP contribution in [-0.2, 0) is 6.42 Å². The summed E-state index contributed by atoms with van der Waals surface area (Å²) < 4.78 is 259. The Hall–Kier alpha value is -8.14. The molecule has 3 nitrogen and oxygen atoms in total. The van der Waals surface area contributed by atoms with Crippen LogP contribution in [0, 0.1) is 0 Å². The molecule has 0 saturated carbocycles. The van der Waals surface area contributed by atoms with E-state index < -0.39 is 241 Å². The fourth-order valence-electron chi connectivity index (χ4n) is 9.60. The number of benzene rings is 8. The molecule has 0 spiro atoms. The minimum Gasteiger partial charge on any atom is -0.455 e. The minimum atomic E-state index is -2.12. The number of allylic oxidation sites excluding steroid dienone is 4. The molecule has 2 unspecified atom stereocenters. The molecule has 3 heteroatoms. The van der Waals surface area contributed by atoms with Gasteiger partial charge in [0.1, 0.15) is 11.5 Å². The van der Waals surface area contributed by atoms with Crippen molar-refractivity contribution in [2.45, 2.75) is 38.0 Å². The number of furan rings is 1. The Morgan fingerprint density at radius 2 is 1.13 bits per heavy atom. The lowest BCUT2D eigenvalue weighted by Gasteiger charge is -2.26. The largest absolute Gasteiger partial charge is 0.455 e. The molecular weight excluding hydrogens is 813 g/mol. The number of aliphatic imine (C=N–C) groups is 1. The first-order chi connectivity index (χ1) is 44.5. The van der Waals surface area contributed by atoms with E-state index >= 15 is 0 Å². The zero-order chi connectivity index (χ0) is 67.8. The number of rotatable bonds is 7. The van der Waals surface area contributed by atoms with Gasteiger partial charge >= 0.3 is 0 Å². The number of aryl methyl sites for hydroxylation is 1. The molecule has 2 aliphatic carbocycles. The second-order valence-electron chi connectivity index (χ2n) is 16.0. The molecule has 8 aromatic carbocycles. The molecular formula is C64H46N2O. The van der Waals surface area contributed by atoms with E-state index in [1.54, 1.807) is 24.4 Å². The normalized spacial score (nSPS) is 22.9. The van der Waals surface area contributed by atoms with E-state index in [1.165, 1.54) is 0 Å². The Bertz CT molecular complexity index is 5270. The molecule has 0 amide bonds.